The highest BCUT2D eigenvalue weighted by atomic mass is 16.2. The second-order valence-electron chi connectivity index (χ2n) is 7.69. The molecule has 148 valence electrons. The summed E-state index contributed by atoms with van der Waals surface area (Å²) in [6.07, 6.45) is 2.23. The van der Waals surface area contributed by atoms with Crippen LogP contribution >= 0.6 is 0 Å². The van der Waals surface area contributed by atoms with E-state index in [1.165, 1.54) is 5.56 Å². The Balaban J connectivity index is 1.31. The lowest BCUT2D eigenvalue weighted by Crippen LogP contribution is -2.51. The Bertz CT molecular complexity index is 831. The Labute approximate surface area is 165 Å². The summed E-state index contributed by atoms with van der Waals surface area (Å²) in [6.45, 7) is 7.00. The number of carbonyl (C=O) groups excluding carboxylic acids is 2. The first-order valence-electron chi connectivity index (χ1n) is 10.0. The molecule has 0 bridgehead atoms. The van der Waals surface area contributed by atoms with E-state index in [0.29, 0.717) is 25.3 Å². The molecular weight excluding hydrogens is 354 g/mol. The first-order valence-corrected chi connectivity index (χ1v) is 10.0. The molecule has 2 fully saturated rings. The highest BCUT2D eigenvalue weighted by Crippen LogP contribution is 2.19. The average molecular weight is 381 g/mol. The van der Waals surface area contributed by atoms with E-state index in [2.05, 4.69) is 15.1 Å². The zero-order chi connectivity index (χ0) is 19.5. The monoisotopic (exact) mass is 381 g/mol. The fourth-order valence-corrected chi connectivity index (χ4v) is 3.84. The van der Waals surface area contributed by atoms with Gasteiger partial charge in [0.15, 0.2) is 0 Å². The van der Waals surface area contributed by atoms with Gasteiger partial charge in [-0.2, -0.15) is 5.10 Å². The van der Waals surface area contributed by atoms with Crippen molar-refractivity contribution in [3.05, 3.63) is 41.6 Å². The number of aromatic nitrogens is 2. The zero-order valence-electron chi connectivity index (χ0n) is 16.4. The summed E-state index contributed by atoms with van der Waals surface area (Å²) in [6, 6.07) is 9.91. The fraction of sp³-hybridized carbons (Fsp3) is 0.476. The number of amides is 2. The minimum Gasteiger partial charge on any atom is -0.342 e. The molecule has 2 amide bonds. The summed E-state index contributed by atoms with van der Waals surface area (Å²) in [5.74, 6) is 0.185. The van der Waals surface area contributed by atoms with Gasteiger partial charge < -0.3 is 9.80 Å². The molecular formula is C21H27N5O2. The lowest BCUT2D eigenvalue weighted by Gasteiger charge is -2.34. The van der Waals surface area contributed by atoms with Crippen LogP contribution in [0.25, 0.3) is 11.3 Å². The third-order valence-electron chi connectivity index (χ3n) is 5.63. The van der Waals surface area contributed by atoms with Crippen LogP contribution in [0.3, 0.4) is 0 Å². The Kier molecular flexibility index (Phi) is 5.43. The first-order chi connectivity index (χ1) is 13.6. The maximum atomic E-state index is 12.8. The quantitative estimate of drug-likeness (QED) is 0.876. The van der Waals surface area contributed by atoms with E-state index < -0.39 is 0 Å². The van der Waals surface area contributed by atoms with Crippen LogP contribution in [0.5, 0.6) is 0 Å². The minimum atomic E-state index is -0.0311. The van der Waals surface area contributed by atoms with E-state index in [0.717, 1.165) is 50.3 Å². The van der Waals surface area contributed by atoms with E-state index in [1.54, 1.807) is 0 Å². The van der Waals surface area contributed by atoms with Crippen molar-refractivity contribution in [2.45, 2.75) is 19.8 Å². The highest BCUT2D eigenvalue weighted by molar-refractivity contribution is 5.93. The van der Waals surface area contributed by atoms with Crippen LogP contribution in [0, 0.1) is 6.92 Å². The SMILES string of the molecule is Cc1ccc(-c2cc(C(=O)N3CCN(CC(=O)N4CCCC4)CC3)[nH]n2)cc1. The van der Waals surface area contributed by atoms with Gasteiger partial charge in [0.1, 0.15) is 5.69 Å². The van der Waals surface area contributed by atoms with Crippen LogP contribution in [0.15, 0.2) is 30.3 Å². The van der Waals surface area contributed by atoms with Gasteiger partial charge in [-0.1, -0.05) is 29.8 Å². The van der Waals surface area contributed by atoms with Crippen molar-refractivity contribution in [3.63, 3.8) is 0 Å². The van der Waals surface area contributed by atoms with Crippen molar-refractivity contribution in [1.29, 1.82) is 0 Å². The summed E-state index contributed by atoms with van der Waals surface area (Å²) in [5, 5.41) is 7.18. The van der Waals surface area contributed by atoms with Crippen LogP contribution in [0.2, 0.25) is 0 Å². The summed E-state index contributed by atoms with van der Waals surface area (Å²) in [4.78, 5) is 31.0. The summed E-state index contributed by atoms with van der Waals surface area (Å²) >= 11 is 0. The van der Waals surface area contributed by atoms with E-state index in [-0.39, 0.29) is 11.8 Å². The molecule has 7 nitrogen and oxygen atoms in total. The number of aryl methyl sites for hydroxylation is 1. The van der Waals surface area contributed by atoms with Crippen LogP contribution in [0.1, 0.15) is 28.9 Å². The van der Waals surface area contributed by atoms with Crippen molar-refractivity contribution < 1.29 is 9.59 Å². The minimum absolute atomic E-state index is 0.0311. The van der Waals surface area contributed by atoms with E-state index in [4.69, 9.17) is 0 Å². The second kappa shape index (κ2) is 8.14. The summed E-state index contributed by atoms with van der Waals surface area (Å²) in [7, 11) is 0. The topological polar surface area (TPSA) is 72.5 Å². The van der Waals surface area contributed by atoms with Gasteiger partial charge in [-0.3, -0.25) is 19.6 Å². The van der Waals surface area contributed by atoms with Gasteiger partial charge in [0.25, 0.3) is 5.91 Å². The molecule has 0 spiro atoms. The zero-order valence-corrected chi connectivity index (χ0v) is 16.4. The number of benzene rings is 1. The largest absolute Gasteiger partial charge is 0.342 e. The molecule has 1 aromatic heterocycles. The van der Waals surface area contributed by atoms with Crippen molar-refractivity contribution >= 4 is 11.8 Å². The van der Waals surface area contributed by atoms with E-state index >= 15 is 0 Å². The number of nitrogens with zero attached hydrogens (tertiary/aromatic N) is 4. The number of likely N-dealkylation sites (tertiary alicyclic amines) is 1. The molecule has 2 aliphatic heterocycles. The smallest absolute Gasteiger partial charge is 0.271 e. The number of rotatable bonds is 4. The number of nitrogens with one attached hydrogen (secondary N) is 1. The molecule has 4 rings (SSSR count). The molecule has 0 unspecified atom stereocenters. The van der Waals surface area contributed by atoms with Gasteiger partial charge >= 0.3 is 0 Å². The van der Waals surface area contributed by atoms with Crippen molar-refractivity contribution in [2.75, 3.05) is 45.8 Å². The van der Waals surface area contributed by atoms with Crippen LogP contribution in [-0.4, -0.2) is 82.5 Å². The Morgan fingerprint density at radius 1 is 0.964 bits per heavy atom. The van der Waals surface area contributed by atoms with E-state index in [1.807, 2.05) is 47.1 Å². The molecule has 28 heavy (non-hydrogen) atoms. The van der Waals surface area contributed by atoms with Gasteiger partial charge in [0.2, 0.25) is 5.91 Å². The molecule has 1 N–H and O–H groups in total. The summed E-state index contributed by atoms with van der Waals surface area (Å²) in [5.41, 5.74) is 3.47. The third kappa shape index (κ3) is 4.09. The third-order valence-corrected chi connectivity index (χ3v) is 5.63. The van der Waals surface area contributed by atoms with Crippen LogP contribution < -0.4 is 0 Å². The summed E-state index contributed by atoms with van der Waals surface area (Å²) < 4.78 is 0. The Morgan fingerprint density at radius 2 is 1.64 bits per heavy atom. The highest BCUT2D eigenvalue weighted by Gasteiger charge is 2.26. The van der Waals surface area contributed by atoms with Gasteiger partial charge in [-0.05, 0) is 25.8 Å². The molecule has 0 saturated carbocycles. The van der Waals surface area contributed by atoms with Crippen LogP contribution in [-0.2, 0) is 4.79 Å². The maximum Gasteiger partial charge on any atom is 0.271 e. The normalized spacial score (nSPS) is 17.9. The number of hydrogen-bond donors (Lipinski definition) is 1. The molecule has 1 aromatic carbocycles. The fourth-order valence-electron chi connectivity index (χ4n) is 3.84. The molecule has 3 heterocycles. The van der Waals surface area contributed by atoms with Gasteiger partial charge in [-0.15, -0.1) is 0 Å². The molecule has 0 atom stereocenters. The Morgan fingerprint density at radius 3 is 2.32 bits per heavy atom. The lowest BCUT2D eigenvalue weighted by molar-refractivity contribution is -0.131. The standard InChI is InChI=1S/C21H27N5O2/c1-16-4-6-17(7-5-16)18-14-19(23-22-18)21(28)26-12-10-24(11-13-26)15-20(27)25-8-2-3-9-25/h4-7,14H,2-3,8-13,15H2,1H3,(H,22,23). The maximum absolute atomic E-state index is 12.8. The van der Waals surface area contributed by atoms with E-state index in [9.17, 15) is 9.59 Å². The van der Waals surface area contributed by atoms with Gasteiger partial charge in [0, 0.05) is 44.8 Å². The first kappa shape index (κ1) is 18.7. The molecule has 2 saturated heterocycles. The molecule has 0 radical (unpaired) electrons. The van der Waals surface area contributed by atoms with Crippen molar-refractivity contribution in [1.82, 2.24) is 24.9 Å². The predicted molar refractivity (Wildman–Crippen MR) is 107 cm³/mol. The molecule has 2 aliphatic rings. The second-order valence-corrected chi connectivity index (χ2v) is 7.69. The lowest BCUT2D eigenvalue weighted by atomic mass is 10.1. The van der Waals surface area contributed by atoms with Gasteiger partial charge in [-0.25, -0.2) is 0 Å². The molecule has 7 heteroatoms. The average Bonchev–Trinajstić information content (AvgIpc) is 3.41. The molecule has 0 aliphatic carbocycles. The van der Waals surface area contributed by atoms with Crippen LogP contribution in [0.4, 0.5) is 0 Å². The number of hydrogen-bond acceptors (Lipinski definition) is 4. The number of aromatic amines is 1. The number of H-pyrrole nitrogens is 1. The van der Waals surface area contributed by atoms with Crippen molar-refractivity contribution in [3.8, 4) is 11.3 Å². The molecule has 2 aromatic rings. The van der Waals surface area contributed by atoms with Gasteiger partial charge in [0.05, 0.1) is 12.2 Å². The van der Waals surface area contributed by atoms with Crippen molar-refractivity contribution in [2.24, 2.45) is 0 Å². The number of carbonyl (C=O) groups is 2. The Hall–Kier alpha value is -2.67. The number of piperazine rings is 1. The predicted octanol–water partition coefficient (Wildman–Crippen LogP) is 1.77.